The third kappa shape index (κ3) is 3.69. The first-order chi connectivity index (χ1) is 10.3. The van der Waals surface area contributed by atoms with Gasteiger partial charge >= 0.3 is 12.1 Å². The van der Waals surface area contributed by atoms with Gasteiger partial charge in [0.25, 0.3) is 0 Å². The lowest BCUT2D eigenvalue weighted by molar-refractivity contribution is -0.134. The summed E-state index contributed by atoms with van der Waals surface area (Å²) in [5.41, 5.74) is 0.476. The van der Waals surface area contributed by atoms with E-state index in [1.165, 1.54) is 25.6 Å². The van der Waals surface area contributed by atoms with Crippen LogP contribution in [-0.2, 0) is 14.3 Å². The number of fused-ring (bicyclic) bond motifs is 1. The topological polar surface area (TPSA) is 83.3 Å². The van der Waals surface area contributed by atoms with E-state index in [2.05, 4.69) is 14.8 Å². The molecule has 0 saturated heterocycles. The zero-order chi connectivity index (χ0) is 16.3. The Morgan fingerprint density at radius 2 is 2.00 bits per heavy atom. The number of methoxy groups -OCH3 is 1. The van der Waals surface area contributed by atoms with Gasteiger partial charge in [0.1, 0.15) is 5.60 Å². The molecule has 2 aromatic rings. The van der Waals surface area contributed by atoms with Crippen LogP contribution in [0.4, 0.5) is 4.79 Å². The Hall–Kier alpha value is -2.70. The maximum Gasteiger partial charge on any atom is 0.437 e. The Labute approximate surface area is 127 Å². The van der Waals surface area contributed by atoms with E-state index in [-0.39, 0.29) is 0 Å². The molecular weight excluding hydrogens is 286 g/mol. The number of ether oxygens (including phenoxy) is 2. The average molecular weight is 303 g/mol. The summed E-state index contributed by atoms with van der Waals surface area (Å²) < 4.78 is 10.9. The maximum absolute atomic E-state index is 12.0. The maximum atomic E-state index is 12.0. The molecule has 0 atom stereocenters. The summed E-state index contributed by atoms with van der Waals surface area (Å²) >= 11 is 0. The van der Waals surface area contributed by atoms with Crippen molar-refractivity contribution in [3.05, 3.63) is 30.1 Å². The molecule has 0 aromatic carbocycles. The van der Waals surface area contributed by atoms with Crippen molar-refractivity contribution in [1.82, 2.24) is 14.8 Å². The monoisotopic (exact) mass is 303 g/mol. The first kappa shape index (κ1) is 15.7. The molecule has 0 fully saturated rings. The molecule has 2 rings (SSSR count). The van der Waals surface area contributed by atoms with Crippen LogP contribution in [0.25, 0.3) is 17.1 Å². The minimum atomic E-state index is -0.613. The van der Waals surface area contributed by atoms with E-state index in [9.17, 15) is 9.59 Å². The lowest BCUT2D eigenvalue weighted by Gasteiger charge is -2.18. The summed E-state index contributed by atoms with van der Waals surface area (Å²) in [7, 11) is 1.30. The number of hydrogen-bond acceptors (Lipinski definition) is 6. The van der Waals surface area contributed by atoms with E-state index in [1.807, 2.05) is 0 Å². The quantitative estimate of drug-likeness (QED) is 0.625. The highest BCUT2D eigenvalue weighted by Crippen LogP contribution is 2.16. The molecule has 0 amide bonds. The number of pyridine rings is 1. The highest BCUT2D eigenvalue weighted by molar-refractivity contribution is 5.89. The van der Waals surface area contributed by atoms with Gasteiger partial charge < -0.3 is 9.47 Å². The number of esters is 1. The van der Waals surface area contributed by atoms with Crippen LogP contribution in [-0.4, -0.2) is 39.5 Å². The van der Waals surface area contributed by atoms with Gasteiger partial charge in [-0.1, -0.05) is 0 Å². The summed E-state index contributed by atoms with van der Waals surface area (Å²) in [6.07, 6.45) is 5.32. The number of hydrogen-bond donors (Lipinski definition) is 0. The molecule has 0 radical (unpaired) electrons. The molecule has 0 aliphatic heterocycles. The Morgan fingerprint density at radius 3 is 2.64 bits per heavy atom. The first-order valence-electron chi connectivity index (χ1n) is 6.63. The predicted octanol–water partition coefficient (Wildman–Crippen LogP) is 2.40. The second-order valence-electron chi connectivity index (χ2n) is 5.57. The van der Waals surface area contributed by atoms with Gasteiger partial charge in [-0.05, 0) is 38.5 Å². The normalized spacial score (nSPS) is 11.8. The van der Waals surface area contributed by atoms with Crippen molar-refractivity contribution in [2.75, 3.05) is 7.11 Å². The van der Waals surface area contributed by atoms with Crippen molar-refractivity contribution in [3.8, 4) is 0 Å². The number of rotatable bonds is 2. The molecule has 22 heavy (non-hydrogen) atoms. The van der Waals surface area contributed by atoms with Crippen molar-refractivity contribution in [1.29, 1.82) is 0 Å². The molecule has 0 saturated carbocycles. The van der Waals surface area contributed by atoms with Gasteiger partial charge in [-0.2, -0.15) is 5.10 Å². The lowest BCUT2D eigenvalue weighted by Crippen LogP contribution is -2.27. The summed E-state index contributed by atoms with van der Waals surface area (Å²) in [4.78, 5) is 27.3. The zero-order valence-electron chi connectivity index (χ0n) is 12.9. The van der Waals surface area contributed by atoms with E-state index in [0.717, 1.165) is 4.68 Å². The molecule has 0 aliphatic carbocycles. The molecule has 0 N–H and O–H groups in total. The van der Waals surface area contributed by atoms with Crippen LogP contribution in [0, 0.1) is 0 Å². The molecular formula is C15H17N3O4. The van der Waals surface area contributed by atoms with E-state index >= 15 is 0 Å². The third-order valence-corrected chi connectivity index (χ3v) is 2.61. The minimum Gasteiger partial charge on any atom is -0.466 e. The largest absolute Gasteiger partial charge is 0.466 e. The molecule has 2 aromatic heterocycles. The van der Waals surface area contributed by atoms with Gasteiger partial charge in [0.2, 0.25) is 0 Å². The van der Waals surface area contributed by atoms with Gasteiger partial charge in [0.05, 0.1) is 13.3 Å². The van der Waals surface area contributed by atoms with Crippen molar-refractivity contribution >= 4 is 29.2 Å². The summed E-state index contributed by atoms with van der Waals surface area (Å²) in [6.45, 7) is 5.33. The van der Waals surface area contributed by atoms with Crippen molar-refractivity contribution in [2.24, 2.45) is 0 Å². The van der Waals surface area contributed by atoms with Crippen molar-refractivity contribution in [3.63, 3.8) is 0 Å². The second kappa shape index (κ2) is 5.97. The summed E-state index contributed by atoms with van der Waals surface area (Å²) in [5.74, 6) is -0.454. The van der Waals surface area contributed by atoms with Crippen LogP contribution in [0.1, 0.15) is 26.3 Å². The second-order valence-corrected chi connectivity index (χ2v) is 5.57. The number of nitrogens with zero attached hydrogens (tertiary/aromatic N) is 3. The van der Waals surface area contributed by atoms with Gasteiger partial charge in [0.15, 0.2) is 5.65 Å². The fourth-order valence-electron chi connectivity index (χ4n) is 1.70. The number of carbonyl (C=O) groups excluding carboxylic acids is 2. The smallest absolute Gasteiger partial charge is 0.437 e. The summed E-state index contributed by atoms with van der Waals surface area (Å²) in [6, 6.07) is 1.76. The van der Waals surface area contributed by atoms with Gasteiger partial charge in [-0.3, -0.25) is 0 Å². The van der Waals surface area contributed by atoms with Crippen LogP contribution in [0.5, 0.6) is 0 Å². The lowest BCUT2D eigenvalue weighted by atomic mass is 10.2. The number of aromatic nitrogens is 3. The highest BCUT2D eigenvalue weighted by atomic mass is 16.6. The van der Waals surface area contributed by atoms with Crippen molar-refractivity contribution in [2.45, 2.75) is 26.4 Å². The Kier molecular flexibility index (Phi) is 4.25. The molecule has 0 spiro atoms. The SMILES string of the molecule is COC(=O)/C=C/c1cnc2c(cnn2C(=O)OC(C)(C)C)c1. The third-order valence-electron chi connectivity index (χ3n) is 2.61. The van der Waals surface area contributed by atoms with Gasteiger partial charge in [-0.15, -0.1) is 4.68 Å². The molecule has 116 valence electrons. The first-order valence-corrected chi connectivity index (χ1v) is 6.63. The Bertz CT molecular complexity index is 741. The average Bonchev–Trinajstić information content (AvgIpc) is 2.86. The zero-order valence-corrected chi connectivity index (χ0v) is 12.9. The minimum absolute atomic E-state index is 0.393. The van der Waals surface area contributed by atoms with Crippen LogP contribution in [0.15, 0.2) is 24.5 Å². The number of carbonyl (C=O) groups is 2. The fourth-order valence-corrected chi connectivity index (χ4v) is 1.70. The van der Waals surface area contributed by atoms with E-state index in [4.69, 9.17) is 4.74 Å². The highest BCUT2D eigenvalue weighted by Gasteiger charge is 2.20. The van der Waals surface area contributed by atoms with Gasteiger partial charge in [0, 0.05) is 17.7 Å². The molecule has 0 bridgehead atoms. The standard InChI is InChI=1S/C15H17N3O4/c1-15(2,3)22-14(20)18-13-11(9-17-18)7-10(8-16-13)5-6-12(19)21-4/h5-9H,1-4H3/b6-5+. The van der Waals surface area contributed by atoms with E-state index < -0.39 is 17.7 Å². The predicted molar refractivity (Wildman–Crippen MR) is 80.2 cm³/mol. The van der Waals surface area contributed by atoms with E-state index in [1.54, 1.807) is 32.9 Å². The van der Waals surface area contributed by atoms with Crippen LogP contribution in [0.2, 0.25) is 0 Å². The fraction of sp³-hybridized carbons (Fsp3) is 0.333. The molecule has 7 heteroatoms. The molecule has 0 aliphatic rings. The molecule has 0 unspecified atom stereocenters. The van der Waals surface area contributed by atoms with Crippen LogP contribution >= 0.6 is 0 Å². The molecule has 2 heterocycles. The summed E-state index contributed by atoms with van der Waals surface area (Å²) in [5, 5.41) is 4.66. The Balaban J connectivity index is 2.29. The van der Waals surface area contributed by atoms with E-state index in [0.29, 0.717) is 16.6 Å². The van der Waals surface area contributed by atoms with Gasteiger partial charge in [-0.25, -0.2) is 14.6 Å². The Morgan fingerprint density at radius 1 is 1.27 bits per heavy atom. The van der Waals surface area contributed by atoms with Crippen LogP contribution < -0.4 is 0 Å². The molecule has 7 nitrogen and oxygen atoms in total. The van der Waals surface area contributed by atoms with Crippen molar-refractivity contribution < 1.29 is 19.1 Å². The van der Waals surface area contributed by atoms with Crippen LogP contribution in [0.3, 0.4) is 0 Å².